The molecule has 0 saturated carbocycles. The first-order chi connectivity index (χ1) is 15.5. The molecule has 2 N–H and O–H groups in total. The maximum atomic E-state index is 12.4. The molecule has 4 aromatic rings. The fourth-order valence-corrected chi connectivity index (χ4v) is 3.30. The molecule has 0 saturated heterocycles. The molecule has 2 aromatic heterocycles. The lowest BCUT2D eigenvalue weighted by Crippen LogP contribution is -2.16. The number of benzene rings is 2. The van der Waals surface area contributed by atoms with E-state index in [9.17, 15) is 9.59 Å². The Hall–Kier alpha value is -4.26. The molecule has 0 spiro atoms. The van der Waals surface area contributed by atoms with E-state index in [1.807, 2.05) is 54.6 Å². The maximum absolute atomic E-state index is 12.4. The van der Waals surface area contributed by atoms with Crippen molar-refractivity contribution in [1.82, 2.24) is 0 Å². The minimum Gasteiger partial charge on any atom is -0.481 e. The number of nitrogens with one attached hydrogen (secondary N) is 1. The smallest absolute Gasteiger partial charge is 0.412 e. The summed E-state index contributed by atoms with van der Waals surface area (Å²) in [5, 5.41) is 11.6. The molecule has 0 aliphatic rings. The quantitative estimate of drug-likeness (QED) is 0.364. The van der Waals surface area contributed by atoms with E-state index in [1.54, 1.807) is 25.3 Å². The Bertz CT molecular complexity index is 1210. The summed E-state index contributed by atoms with van der Waals surface area (Å²) in [4.78, 5) is 23.2. The lowest BCUT2D eigenvalue weighted by Gasteiger charge is -2.14. The van der Waals surface area contributed by atoms with E-state index in [4.69, 9.17) is 18.7 Å². The van der Waals surface area contributed by atoms with Crippen LogP contribution in [-0.4, -0.2) is 17.2 Å². The fourth-order valence-electron chi connectivity index (χ4n) is 3.30. The molecule has 2 aromatic carbocycles. The van der Waals surface area contributed by atoms with E-state index >= 15 is 0 Å². The topological polar surface area (TPSA) is 102 Å². The second-order valence-electron chi connectivity index (χ2n) is 7.20. The molecule has 1 unspecified atom stereocenters. The van der Waals surface area contributed by atoms with Gasteiger partial charge in [-0.3, -0.25) is 10.1 Å². The molecule has 4 rings (SSSR count). The van der Waals surface area contributed by atoms with Crippen LogP contribution in [0.25, 0.3) is 22.5 Å². The lowest BCUT2D eigenvalue weighted by molar-refractivity contribution is -0.136. The summed E-state index contributed by atoms with van der Waals surface area (Å²) in [6.07, 6.45) is 1.85. The van der Waals surface area contributed by atoms with Gasteiger partial charge < -0.3 is 18.7 Å². The first-order valence-electron chi connectivity index (χ1n) is 9.99. The number of carbonyl (C=O) groups excluding carboxylic acids is 1. The summed E-state index contributed by atoms with van der Waals surface area (Å²) < 4.78 is 16.4. The third-order valence-electron chi connectivity index (χ3n) is 4.92. The van der Waals surface area contributed by atoms with Crippen molar-refractivity contribution in [3.8, 4) is 22.5 Å². The molecule has 32 heavy (non-hydrogen) atoms. The predicted molar refractivity (Wildman–Crippen MR) is 118 cm³/mol. The Morgan fingerprint density at radius 1 is 0.969 bits per heavy atom. The van der Waals surface area contributed by atoms with Gasteiger partial charge in [-0.2, -0.15) is 0 Å². The molecule has 2 heterocycles. The third kappa shape index (κ3) is 4.89. The van der Waals surface area contributed by atoms with E-state index in [2.05, 4.69) is 5.32 Å². The van der Waals surface area contributed by atoms with Crippen LogP contribution in [-0.2, 0) is 16.0 Å². The van der Waals surface area contributed by atoms with Gasteiger partial charge in [0.25, 0.3) is 0 Å². The molecule has 1 atom stereocenters. The largest absolute Gasteiger partial charge is 0.481 e. The monoisotopic (exact) mass is 431 g/mol. The zero-order valence-corrected chi connectivity index (χ0v) is 17.3. The number of amides is 1. The van der Waals surface area contributed by atoms with E-state index in [0.29, 0.717) is 22.8 Å². The zero-order valence-electron chi connectivity index (χ0n) is 17.3. The van der Waals surface area contributed by atoms with Gasteiger partial charge in [-0.25, -0.2) is 4.79 Å². The second kappa shape index (κ2) is 9.26. The van der Waals surface area contributed by atoms with Gasteiger partial charge in [0.15, 0.2) is 0 Å². The number of carbonyl (C=O) groups is 2. The average molecular weight is 431 g/mol. The molecule has 162 valence electrons. The number of carboxylic acid groups (broad SMARTS) is 1. The zero-order chi connectivity index (χ0) is 22.5. The second-order valence-corrected chi connectivity index (χ2v) is 7.20. The highest BCUT2D eigenvalue weighted by molar-refractivity contribution is 5.91. The van der Waals surface area contributed by atoms with Crippen LogP contribution in [0.1, 0.15) is 24.4 Å². The lowest BCUT2D eigenvalue weighted by atomic mass is 10.0. The van der Waals surface area contributed by atoms with Gasteiger partial charge in [-0.1, -0.05) is 54.6 Å². The highest BCUT2D eigenvalue weighted by Crippen LogP contribution is 2.32. The van der Waals surface area contributed by atoms with Crippen molar-refractivity contribution >= 4 is 17.7 Å². The fraction of sp³-hybridized carbons (Fsp3) is 0.120. The van der Waals surface area contributed by atoms with Gasteiger partial charge in [0.2, 0.25) is 0 Å². The number of carboxylic acids is 1. The Morgan fingerprint density at radius 2 is 1.69 bits per heavy atom. The highest BCUT2D eigenvalue weighted by Gasteiger charge is 2.16. The number of furan rings is 2. The predicted octanol–water partition coefficient (Wildman–Crippen LogP) is 6.14. The van der Waals surface area contributed by atoms with E-state index < -0.39 is 18.2 Å². The van der Waals surface area contributed by atoms with Gasteiger partial charge >= 0.3 is 12.1 Å². The molecule has 1 amide bonds. The van der Waals surface area contributed by atoms with Crippen molar-refractivity contribution < 1.29 is 28.3 Å². The Kier molecular flexibility index (Phi) is 6.07. The van der Waals surface area contributed by atoms with Crippen LogP contribution in [0, 0.1) is 0 Å². The van der Waals surface area contributed by atoms with Gasteiger partial charge in [0.05, 0.1) is 5.69 Å². The van der Waals surface area contributed by atoms with Gasteiger partial charge in [0, 0.05) is 11.1 Å². The Balaban J connectivity index is 1.44. The number of hydrogen-bond acceptors (Lipinski definition) is 5. The first kappa shape index (κ1) is 21.0. The Morgan fingerprint density at radius 3 is 2.41 bits per heavy atom. The van der Waals surface area contributed by atoms with Crippen molar-refractivity contribution in [3.05, 3.63) is 90.6 Å². The van der Waals surface area contributed by atoms with Crippen molar-refractivity contribution in [1.29, 1.82) is 0 Å². The molecule has 0 fully saturated rings. The molecular weight excluding hydrogens is 410 g/mol. The summed E-state index contributed by atoms with van der Waals surface area (Å²) >= 11 is 0. The molecule has 7 nitrogen and oxygen atoms in total. The van der Waals surface area contributed by atoms with Gasteiger partial charge in [-0.15, -0.1) is 0 Å². The standard InChI is InChI=1S/C25H21NO6/c1-16(17-5-3-2-4-6-17)31-25(29)26-22-15-30-14-21(22)18-7-9-19(10-8-18)23-12-11-20(32-23)13-24(27)28/h2-12,14-16H,13H2,1H3,(H,26,29)(H,27,28). The summed E-state index contributed by atoms with van der Waals surface area (Å²) in [5.74, 6) is 0.0240. The van der Waals surface area contributed by atoms with E-state index in [1.165, 1.54) is 6.26 Å². The van der Waals surface area contributed by atoms with Crippen LogP contribution >= 0.6 is 0 Å². The van der Waals surface area contributed by atoms with E-state index in [0.717, 1.165) is 16.7 Å². The number of aliphatic carboxylic acids is 1. The van der Waals surface area contributed by atoms with Crippen LogP contribution in [0.15, 0.2) is 88.1 Å². The number of rotatable bonds is 7. The average Bonchev–Trinajstić information content (AvgIpc) is 3.43. The maximum Gasteiger partial charge on any atom is 0.412 e. The first-order valence-corrected chi connectivity index (χ1v) is 9.99. The molecule has 0 radical (unpaired) electrons. The molecule has 0 aliphatic carbocycles. The van der Waals surface area contributed by atoms with Crippen LogP contribution < -0.4 is 5.32 Å². The number of anilines is 1. The number of hydrogen-bond donors (Lipinski definition) is 2. The molecular formula is C25H21NO6. The normalized spacial score (nSPS) is 11.7. The van der Waals surface area contributed by atoms with Crippen molar-refractivity contribution in [2.45, 2.75) is 19.4 Å². The minimum absolute atomic E-state index is 0.166. The van der Waals surface area contributed by atoms with Gasteiger partial charge in [-0.05, 0) is 30.2 Å². The van der Waals surface area contributed by atoms with Crippen molar-refractivity contribution in [3.63, 3.8) is 0 Å². The van der Waals surface area contributed by atoms with Crippen LogP contribution in [0.5, 0.6) is 0 Å². The molecule has 0 bridgehead atoms. The van der Waals surface area contributed by atoms with E-state index in [-0.39, 0.29) is 6.42 Å². The molecule has 0 aliphatic heterocycles. The highest BCUT2D eigenvalue weighted by atomic mass is 16.6. The minimum atomic E-state index is -0.946. The van der Waals surface area contributed by atoms with Crippen LogP contribution in [0.3, 0.4) is 0 Å². The van der Waals surface area contributed by atoms with Crippen LogP contribution in [0.2, 0.25) is 0 Å². The van der Waals surface area contributed by atoms with Crippen LogP contribution in [0.4, 0.5) is 10.5 Å². The van der Waals surface area contributed by atoms with Crippen molar-refractivity contribution in [2.24, 2.45) is 0 Å². The SMILES string of the molecule is CC(OC(=O)Nc1cocc1-c1ccc(-c2ccc(CC(=O)O)o2)cc1)c1ccccc1. The summed E-state index contributed by atoms with van der Waals surface area (Å²) in [7, 11) is 0. The van der Waals surface area contributed by atoms with Gasteiger partial charge in [0.1, 0.15) is 36.6 Å². The number of ether oxygens (including phenoxy) is 1. The Labute approximate surface area is 184 Å². The summed E-state index contributed by atoms with van der Waals surface area (Å²) in [6.45, 7) is 1.81. The molecule has 7 heteroatoms. The summed E-state index contributed by atoms with van der Waals surface area (Å²) in [5.41, 5.74) is 3.72. The van der Waals surface area contributed by atoms with Crippen molar-refractivity contribution in [2.75, 3.05) is 5.32 Å². The third-order valence-corrected chi connectivity index (χ3v) is 4.92. The summed E-state index contributed by atoms with van der Waals surface area (Å²) in [6, 6.07) is 20.3.